The van der Waals surface area contributed by atoms with E-state index in [0.29, 0.717) is 5.56 Å². The molecule has 0 heterocycles. The number of esters is 1. The van der Waals surface area contributed by atoms with Crippen LogP contribution in [-0.4, -0.2) is 41.5 Å². The van der Waals surface area contributed by atoms with Crippen molar-refractivity contribution in [3.63, 3.8) is 0 Å². The van der Waals surface area contributed by atoms with E-state index in [1.54, 1.807) is 37.3 Å². The maximum atomic E-state index is 11.8. The minimum Gasteiger partial charge on any atom is -0.506 e. The first-order valence-corrected chi connectivity index (χ1v) is 5.93. The van der Waals surface area contributed by atoms with Crippen LogP contribution in [0.2, 0.25) is 0 Å². The van der Waals surface area contributed by atoms with Crippen molar-refractivity contribution >= 4 is 23.9 Å². The molecule has 0 saturated heterocycles. The average molecular weight is 277 g/mol. The molecular weight excluding hydrogens is 262 g/mol. The summed E-state index contributed by atoms with van der Waals surface area (Å²) in [6.45, 7) is 1.27. The molecule has 6 heteroatoms. The van der Waals surface area contributed by atoms with Crippen molar-refractivity contribution in [1.82, 2.24) is 0 Å². The summed E-state index contributed by atoms with van der Waals surface area (Å²) in [6, 6.07) is 8.38. The van der Waals surface area contributed by atoms with Gasteiger partial charge in [-0.25, -0.2) is 4.79 Å². The Labute approximate surface area is 116 Å². The molecule has 0 spiro atoms. The molecule has 0 amide bonds. The fraction of sp³-hybridized carbons (Fsp3) is 0.214. The molecule has 0 bridgehead atoms. The molecule has 0 radical (unpaired) electrons. The highest BCUT2D eigenvalue weighted by Gasteiger charge is 2.16. The summed E-state index contributed by atoms with van der Waals surface area (Å²) in [4.78, 5) is 25.7. The second-order valence-electron chi connectivity index (χ2n) is 3.71. The maximum absolute atomic E-state index is 11.8. The first-order valence-electron chi connectivity index (χ1n) is 5.93. The number of carbonyl (C=O) groups excluding carboxylic acids is 1. The van der Waals surface area contributed by atoms with Gasteiger partial charge in [0.15, 0.2) is 0 Å². The summed E-state index contributed by atoms with van der Waals surface area (Å²) >= 11 is 0. The number of hydrogen-bond acceptors (Lipinski definition) is 5. The SMILES string of the molecule is CCOC(=O)/C(C=NCC(=O)O)=C(\O)c1ccccc1. The van der Waals surface area contributed by atoms with Gasteiger partial charge in [0, 0.05) is 11.8 Å². The van der Waals surface area contributed by atoms with Crippen molar-refractivity contribution in [2.24, 2.45) is 4.99 Å². The summed E-state index contributed by atoms with van der Waals surface area (Å²) in [5.74, 6) is -2.20. The Bertz CT molecular complexity index is 534. The number of aliphatic carboxylic acids is 1. The third-order valence-corrected chi connectivity index (χ3v) is 2.24. The zero-order valence-corrected chi connectivity index (χ0v) is 10.9. The van der Waals surface area contributed by atoms with Gasteiger partial charge in [0.05, 0.1) is 6.61 Å². The predicted octanol–water partition coefficient (Wildman–Crippen LogP) is 1.67. The number of nitrogens with zero attached hydrogens (tertiary/aromatic N) is 1. The van der Waals surface area contributed by atoms with E-state index < -0.39 is 18.5 Å². The molecular formula is C14H15NO5. The third-order valence-electron chi connectivity index (χ3n) is 2.24. The number of aliphatic hydroxyl groups is 1. The van der Waals surface area contributed by atoms with Gasteiger partial charge in [-0.15, -0.1) is 0 Å². The number of hydrogen-bond donors (Lipinski definition) is 2. The van der Waals surface area contributed by atoms with Gasteiger partial charge in [-0.2, -0.15) is 0 Å². The minimum absolute atomic E-state index is 0.136. The number of ether oxygens (including phenoxy) is 1. The molecule has 0 fully saturated rings. The Morgan fingerprint density at radius 2 is 1.90 bits per heavy atom. The Kier molecular flexibility index (Phi) is 5.96. The van der Waals surface area contributed by atoms with Crippen molar-refractivity contribution in [3.05, 3.63) is 41.5 Å². The Morgan fingerprint density at radius 1 is 1.25 bits per heavy atom. The lowest BCUT2D eigenvalue weighted by Gasteiger charge is -2.06. The van der Waals surface area contributed by atoms with Gasteiger partial charge in [-0.1, -0.05) is 30.3 Å². The van der Waals surface area contributed by atoms with E-state index in [1.165, 1.54) is 0 Å². The first kappa shape index (κ1) is 15.4. The number of carboxylic acids is 1. The molecule has 0 aliphatic rings. The summed E-state index contributed by atoms with van der Waals surface area (Å²) < 4.78 is 4.81. The molecule has 0 aliphatic heterocycles. The number of benzene rings is 1. The van der Waals surface area contributed by atoms with Crippen LogP contribution in [0.5, 0.6) is 0 Å². The van der Waals surface area contributed by atoms with E-state index in [9.17, 15) is 14.7 Å². The van der Waals surface area contributed by atoms with Crippen molar-refractivity contribution in [1.29, 1.82) is 0 Å². The van der Waals surface area contributed by atoms with Crippen LogP contribution in [0.15, 0.2) is 40.9 Å². The van der Waals surface area contributed by atoms with Gasteiger partial charge in [0.25, 0.3) is 0 Å². The van der Waals surface area contributed by atoms with E-state index in [0.717, 1.165) is 6.21 Å². The molecule has 1 aromatic carbocycles. The van der Waals surface area contributed by atoms with E-state index in [-0.39, 0.29) is 17.9 Å². The van der Waals surface area contributed by atoms with Crippen LogP contribution in [0.25, 0.3) is 5.76 Å². The lowest BCUT2D eigenvalue weighted by atomic mass is 10.1. The molecule has 0 aromatic heterocycles. The summed E-state index contributed by atoms with van der Waals surface area (Å²) in [5, 5.41) is 18.6. The molecule has 106 valence electrons. The van der Waals surface area contributed by atoms with Crippen LogP contribution in [0, 0.1) is 0 Å². The molecule has 0 unspecified atom stereocenters. The van der Waals surface area contributed by atoms with Crippen molar-refractivity contribution in [2.45, 2.75) is 6.92 Å². The topological polar surface area (TPSA) is 96.2 Å². The van der Waals surface area contributed by atoms with Crippen LogP contribution in [0.1, 0.15) is 12.5 Å². The smallest absolute Gasteiger partial charge is 0.343 e. The number of carboxylic acid groups (broad SMARTS) is 1. The third kappa shape index (κ3) is 4.56. The highest BCUT2D eigenvalue weighted by molar-refractivity contribution is 6.15. The zero-order valence-electron chi connectivity index (χ0n) is 10.9. The molecule has 20 heavy (non-hydrogen) atoms. The molecule has 0 aliphatic carbocycles. The fourth-order valence-corrected chi connectivity index (χ4v) is 1.39. The highest BCUT2D eigenvalue weighted by atomic mass is 16.5. The van der Waals surface area contributed by atoms with Gasteiger partial charge in [-0.3, -0.25) is 9.79 Å². The van der Waals surface area contributed by atoms with Crippen LogP contribution in [0.3, 0.4) is 0 Å². The number of carbonyl (C=O) groups is 2. The Morgan fingerprint density at radius 3 is 2.45 bits per heavy atom. The Hall–Kier alpha value is -2.63. The van der Waals surface area contributed by atoms with Crippen LogP contribution in [0.4, 0.5) is 0 Å². The van der Waals surface area contributed by atoms with E-state index in [4.69, 9.17) is 9.84 Å². The van der Waals surface area contributed by atoms with E-state index >= 15 is 0 Å². The monoisotopic (exact) mass is 277 g/mol. The number of aliphatic hydroxyl groups excluding tert-OH is 1. The second-order valence-corrected chi connectivity index (χ2v) is 3.71. The molecule has 1 rings (SSSR count). The molecule has 0 atom stereocenters. The number of rotatable bonds is 6. The van der Waals surface area contributed by atoms with Crippen molar-refractivity contribution < 1.29 is 24.5 Å². The van der Waals surface area contributed by atoms with Gasteiger partial charge < -0.3 is 14.9 Å². The summed E-state index contributed by atoms with van der Waals surface area (Å²) in [6.07, 6.45) is 1.01. The van der Waals surface area contributed by atoms with Crippen LogP contribution >= 0.6 is 0 Å². The minimum atomic E-state index is -1.14. The lowest BCUT2D eigenvalue weighted by Crippen LogP contribution is -2.12. The normalized spacial score (nSPS) is 12.1. The van der Waals surface area contributed by atoms with E-state index in [2.05, 4.69) is 4.99 Å². The van der Waals surface area contributed by atoms with Gasteiger partial charge in [-0.05, 0) is 6.92 Å². The highest BCUT2D eigenvalue weighted by Crippen LogP contribution is 2.15. The largest absolute Gasteiger partial charge is 0.506 e. The zero-order chi connectivity index (χ0) is 15.0. The summed E-state index contributed by atoms with van der Waals surface area (Å²) in [5.41, 5.74) is 0.233. The van der Waals surface area contributed by atoms with Gasteiger partial charge in [0.1, 0.15) is 17.9 Å². The fourth-order valence-electron chi connectivity index (χ4n) is 1.39. The van der Waals surface area contributed by atoms with Gasteiger partial charge >= 0.3 is 11.9 Å². The first-order chi connectivity index (χ1) is 9.56. The van der Waals surface area contributed by atoms with Crippen LogP contribution < -0.4 is 0 Å². The van der Waals surface area contributed by atoms with Crippen molar-refractivity contribution in [2.75, 3.05) is 13.2 Å². The van der Waals surface area contributed by atoms with Crippen molar-refractivity contribution in [3.8, 4) is 0 Å². The van der Waals surface area contributed by atoms with Gasteiger partial charge in [0.2, 0.25) is 0 Å². The maximum Gasteiger partial charge on any atom is 0.343 e. The lowest BCUT2D eigenvalue weighted by molar-refractivity contribution is -0.138. The summed E-state index contributed by atoms with van der Waals surface area (Å²) in [7, 11) is 0. The average Bonchev–Trinajstić information content (AvgIpc) is 2.44. The quantitative estimate of drug-likeness (QED) is 0.357. The molecule has 0 saturated carbocycles. The second kappa shape index (κ2) is 7.73. The van der Waals surface area contributed by atoms with Crippen LogP contribution in [-0.2, 0) is 14.3 Å². The van der Waals surface area contributed by atoms with E-state index in [1.807, 2.05) is 0 Å². The molecule has 6 nitrogen and oxygen atoms in total. The number of aliphatic imine (C=N–C) groups is 1. The molecule has 2 N–H and O–H groups in total. The molecule has 1 aromatic rings. The standard InChI is InChI=1S/C14H15NO5/c1-2-20-14(19)11(8-15-9-12(16)17)13(18)10-6-4-3-5-7-10/h3-8,18H,2,9H2,1H3,(H,16,17)/b13-11-,15-8?. The predicted molar refractivity (Wildman–Crippen MR) is 73.6 cm³/mol. The Balaban J connectivity index is 3.11.